The first kappa shape index (κ1) is 12.1. The topological polar surface area (TPSA) is 52.8 Å². The quantitative estimate of drug-likeness (QED) is 0.745. The Morgan fingerprint density at radius 3 is 2.63 bits per heavy atom. The largest absolute Gasteiger partial charge is 0.497 e. The van der Waals surface area contributed by atoms with E-state index in [4.69, 9.17) is 4.74 Å². The molecule has 0 bridgehead atoms. The van der Waals surface area contributed by atoms with Crippen LogP contribution in [0.15, 0.2) is 41.3 Å². The second-order valence-electron chi connectivity index (χ2n) is 4.03. The standard InChI is InChI=1S/C13H11BrN4O/c1-19-10-4-2-9(3-5-10)8-18-13-11(12(14)17-18)15-6-7-16-13/h2-7H,8H2,1H3. The summed E-state index contributed by atoms with van der Waals surface area (Å²) in [5.74, 6) is 0.843. The molecule has 0 aliphatic rings. The van der Waals surface area contributed by atoms with E-state index in [0.29, 0.717) is 11.1 Å². The van der Waals surface area contributed by atoms with E-state index in [1.165, 1.54) is 0 Å². The third-order valence-corrected chi connectivity index (χ3v) is 3.35. The fraction of sp³-hybridized carbons (Fsp3) is 0.154. The van der Waals surface area contributed by atoms with Crippen LogP contribution in [0, 0.1) is 0 Å². The van der Waals surface area contributed by atoms with Crippen LogP contribution in [0.2, 0.25) is 0 Å². The van der Waals surface area contributed by atoms with Crippen molar-refractivity contribution in [3.63, 3.8) is 0 Å². The monoisotopic (exact) mass is 318 g/mol. The van der Waals surface area contributed by atoms with Crippen molar-refractivity contribution in [1.82, 2.24) is 19.7 Å². The number of ether oxygens (including phenoxy) is 1. The smallest absolute Gasteiger partial charge is 0.178 e. The van der Waals surface area contributed by atoms with Crippen LogP contribution in [-0.4, -0.2) is 26.9 Å². The molecule has 0 amide bonds. The Balaban J connectivity index is 1.96. The molecule has 0 aliphatic carbocycles. The van der Waals surface area contributed by atoms with Crippen molar-refractivity contribution in [2.24, 2.45) is 0 Å². The van der Waals surface area contributed by atoms with Crippen LogP contribution in [-0.2, 0) is 6.54 Å². The van der Waals surface area contributed by atoms with Gasteiger partial charge < -0.3 is 4.74 Å². The maximum absolute atomic E-state index is 5.14. The normalized spacial score (nSPS) is 10.8. The van der Waals surface area contributed by atoms with Crippen molar-refractivity contribution in [2.75, 3.05) is 7.11 Å². The summed E-state index contributed by atoms with van der Waals surface area (Å²) in [4.78, 5) is 8.57. The van der Waals surface area contributed by atoms with Gasteiger partial charge in [0.1, 0.15) is 11.3 Å². The Kier molecular flexibility index (Phi) is 3.16. The maximum atomic E-state index is 5.14. The highest BCUT2D eigenvalue weighted by Crippen LogP contribution is 2.20. The van der Waals surface area contributed by atoms with E-state index in [9.17, 15) is 0 Å². The van der Waals surface area contributed by atoms with E-state index in [1.54, 1.807) is 19.5 Å². The van der Waals surface area contributed by atoms with Crippen LogP contribution in [0.4, 0.5) is 0 Å². The van der Waals surface area contributed by atoms with Gasteiger partial charge in [0.25, 0.3) is 0 Å². The lowest BCUT2D eigenvalue weighted by Crippen LogP contribution is -2.02. The zero-order valence-electron chi connectivity index (χ0n) is 10.2. The molecule has 1 aromatic carbocycles. The van der Waals surface area contributed by atoms with E-state index in [0.717, 1.165) is 22.5 Å². The molecule has 96 valence electrons. The van der Waals surface area contributed by atoms with E-state index >= 15 is 0 Å². The lowest BCUT2D eigenvalue weighted by molar-refractivity contribution is 0.414. The Morgan fingerprint density at radius 2 is 1.89 bits per heavy atom. The van der Waals surface area contributed by atoms with Gasteiger partial charge in [0, 0.05) is 12.4 Å². The van der Waals surface area contributed by atoms with Gasteiger partial charge in [0.05, 0.1) is 13.7 Å². The van der Waals surface area contributed by atoms with Gasteiger partial charge >= 0.3 is 0 Å². The molecule has 6 heteroatoms. The highest BCUT2D eigenvalue weighted by Gasteiger charge is 2.10. The molecule has 3 rings (SSSR count). The van der Waals surface area contributed by atoms with Crippen molar-refractivity contribution >= 4 is 27.1 Å². The van der Waals surface area contributed by atoms with Gasteiger partial charge in [-0.05, 0) is 33.6 Å². The second kappa shape index (κ2) is 4.97. The zero-order valence-corrected chi connectivity index (χ0v) is 11.8. The number of hydrogen-bond acceptors (Lipinski definition) is 4. The first-order chi connectivity index (χ1) is 9.28. The minimum atomic E-state index is 0.644. The molecule has 3 aromatic rings. The Bertz CT molecular complexity index is 708. The van der Waals surface area contributed by atoms with Crippen LogP contribution >= 0.6 is 15.9 Å². The van der Waals surface area contributed by atoms with Gasteiger partial charge in [-0.3, -0.25) is 0 Å². The van der Waals surface area contributed by atoms with Crippen LogP contribution in [0.5, 0.6) is 5.75 Å². The Labute approximate surface area is 118 Å². The minimum Gasteiger partial charge on any atom is -0.497 e. The summed E-state index contributed by atoms with van der Waals surface area (Å²) in [6, 6.07) is 7.89. The number of benzene rings is 1. The summed E-state index contributed by atoms with van der Waals surface area (Å²) in [5.41, 5.74) is 2.67. The van der Waals surface area contributed by atoms with Crippen LogP contribution in [0.25, 0.3) is 11.2 Å². The van der Waals surface area contributed by atoms with Gasteiger partial charge in [-0.25, -0.2) is 14.6 Å². The fourth-order valence-corrected chi connectivity index (χ4v) is 2.35. The summed E-state index contributed by atoms with van der Waals surface area (Å²) in [7, 11) is 1.66. The van der Waals surface area contributed by atoms with E-state index in [1.807, 2.05) is 28.9 Å². The minimum absolute atomic E-state index is 0.644. The van der Waals surface area contributed by atoms with Gasteiger partial charge in [0.2, 0.25) is 0 Å². The molecule has 0 aliphatic heterocycles. The number of methoxy groups -OCH3 is 1. The lowest BCUT2D eigenvalue weighted by Gasteiger charge is -2.04. The maximum Gasteiger partial charge on any atom is 0.178 e. The fourth-order valence-electron chi connectivity index (χ4n) is 1.88. The number of fused-ring (bicyclic) bond motifs is 1. The molecule has 2 heterocycles. The predicted octanol–water partition coefficient (Wildman–Crippen LogP) is 2.65. The number of nitrogens with zero attached hydrogens (tertiary/aromatic N) is 4. The third kappa shape index (κ3) is 2.31. The number of hydrogen-bond donors (Lipinski definition) is 0. The van der Waals surface area contributed by atoms with Crippen LogP contribution < -0.4 is 4.74 Å². The molecule has 0 saturated heterocycles. The first-order valence-electron chi connectivity index (χ1n) is 5.74. The average Bonchev–Trinajstić information content (AvgIpc) is 2.77. The summed E-state index contributed by atoms with van der Waals surface area (Å²) in [6.07, 6.45) is 3.33. The van der Waals surface area contributed by atoms with Crippen molar-refractivity contribution in [3.8, 4) is 5.75 Å². The van der Waals surface area contributed by atoms with Crippen molar-refractivity contribution in [2.45, 2.75) is 6.54 Å². The molecule has 0 saturated carbocycles. The van der Waals surface area contributed by atoms with Crippen LogP contribution in [0.1, 0.15) is 5.56 Å². The molecule has 0 spiro atoms. The Morgan fingerprint density at radius 1 is 1.16 bits per heavy atom. The number of rotatable bonds is 3. The third-order valence-electron chi connectivity index (χ3n) is 2.82. The average molecular weight is 319 g/mol. The SMILES string of the molecule is COc1ccc(Cn2nc(Br)c3nccnc32)cc1. The molecule has 19 heavy (non-hydrogen) atoms. The van der Waals surface area contributed by atoms with Gasteiger partial charge in [-0.2, -0.15) is 5.10 Å². The first-order valence-corrected chi connectivity index (χ1v) is 6.53. The van der Waals surface area contributed by atoms with E-state index < -0.39 is 0 Å². The molecular weight excluding hydrogens is 308 g/mol. The second-order valence-corrected chi connectivity index (χ2v) is 4.78. The molecular formula is C13H11BrN4O. The zero-order chi connectivity index (χ0) is 13.2. The highest BCUT2D eigenvalue weighted by atomic mass is 79.9. The molecule has 0 unspecified atom stereocenters. The lowest BCUT2D eigenvalue weighted by atomic mass is 10.2. The van der Waals surface area contributed by atoms with Crippen molar-refractivity contribution in [1.29, 1.82) is 0 Å². The molecule has 0 atom stereocenters. The van der Waals surface area contributed by atoms with Crippen molar-refractivity contribution in [3.05, 3.63) is 46.8 Å². The molecule has 5 nitrogen and oxygen atoms in total. The number of aromatic nitrogens is 4. The van der Waals surface area contributed by atoms with Gasteiger partial charge in [0.15, 0.2) is 10.3 Å². The highest BCUT2D eigenvalue weighted by molar-refractivity contribution is 9.10. The summed E-state index contributed by atoms with van der Waals surface area (Å²) < 4.78 is 7.68. The molecule has 2 aromatic heterocycles. The van der Waals surface area contributed by atoms with Gasteiger partial charge in [-0.15, -0.1) is 0 Å². The Hall–Kier alpha value is -1.95. The summed E-state index contributed by atoms with van der Waals surface area (Å²) in [6.45, 7) is 0.644. The molecule has 0 N–H and O–H groups in total. The summed E-state index contributed by atoms with van der Waals surface area (Å²) in [5, 5.41) is 4.40. The van der Waals surface area contributed by atoms with E-state index in [-0.39, 0.29) is 0 Å². The molecule has 0 radical (unpaired) electrons. The summed E-state index contributed by atoms with van der Waals surface area (Å²) >= 11 is 3.40. The van der Waals surface area contributed by atoms with Crippen molar-refractivity contribution < 1.29 is 4.74 Å². The van der Waals surface area contributed by atoms with Gasteiger partial charge in [-0.1, -0.05) is 12.1 Å². The van der Waals surface area contributed by atoms with E-state index in [2.05, 4.69) is 31.0 Å². The predicted molar refractivity (Wildman–Crippen MR) is 75.1 cm³/mol. The van der Waals surface area contributed by atoms with Crippen LogP contribution in [0.3, 0.4) is 0 Å². The molecule has 0 fully saturated rings. The number of halogens is 1.